The topological polar surface area (TPSA) is 170 Å². The molecule has 0 spiro atoms. The van der Waals surface area contributed by atoms with Crippen LogP contribution in [0.3, 0.4) is 0 Å². The van der Waals surface area contributed by atoms with Gasteiger partial charge in [-0.25, -0.2) is 9.59 Å². The van der Waals surface area contributed by atoms with Crippen LogP contribution in [0, 0.1) is 16.7 Å². The molecule has 0 radical (unpaired) electrons. The van der Waals surface area contributed by atoms with Crippen molar-refractivity contribution in [2.45, 2.75) is 120 Å². The molecule has 3 aromatic rings. The van der Waals surface area contributed by atoms with Gasteiger partial charge in [0.1, 0.15) is 29.5 Å². The average molecular weight is 796 g/mol. The number of carbonyl (C=O) groups is 3. The minimum Gasteiger partial charge on any atom is -0.456 e. The largest absolute Gasteiger partial charge is 0.456 e. The van der Waals surface area contributed by atoms with Crippen molar-refractivity contribution in [3.05, 3.63) is 119 Å². The highest BCUT2D eigenvalue weighted by atomic mass is 16.8. The molecule has 308 valence electrons. The summed E-state index contributed by atoms with van der Waals surface area (Å²) in [5.74, 6) is -4.26. The molecule has 2 bridgehead atoms. The summed E-state index contributed by atoms with van der Waals surface area (Å²) < 4.78 is 32.3. The molecular weight excluding hydrogens is 743 g/mol. The van der Waals surface area contributed by atoms with E-state index in [0.717, 1.165) is 0 Å². The molecule has 2 heterocycles. The summed E-state index contributed by atoms with van der Waals surface area (Å²) in [5, 5.41) is 40.9. The van der Waals surface area contributed by atoms with Crippen LogP contribution in [0.25, 0.3) is 0 Å². The van der Waals surface area contributed by atoms with E-state index in [4.69, 9.17) is 23.7 Å². The van der Waals surface area contributed by atoms with Gasteiger partial charge in [0.2, 0.25) is 0 Å². The molecule has 58 heavy (non-hydrogen) atoms. The number of amides is 1. The molecule has 1 amide bonds. The van der Waals surface area contributed by atoms with Crippen molar-refractivity contribution in [2.75, 3.05) is 6.61 Å². The summed E-state index contributed by atoms with van der Waals surface area (Å²) in [6.07, 6.45) is -5.70. The lowest BCUT2D eigenvalue weighted by Gasteiger charge is -2.67. The zero-order valence-electron chi connectivity index (χ0n) is 33.7. The Labute approximate surface area is 338 Å². The Morgan fingerprint density at radius 3 is 2.03 bits per heavy atom. The average Bonchev–Trinajstić information content (AvgIpc) is 3.52. The fourth-order valence-electron chi connectivity index (χ4n) is 10.7. The van der Waals surface area contributed by atoms with Gasteiger partial charge in [-0.15, -0.1) is 0 Å². The molecule has 3 aliphatic carbocycles. The highest BCUT2D eigenvalue weighted by Crippen LogP contribution is 2.66. The van der Waals surface area contributed by atoms with Crippen LogP contribution in [0.1, 0.15) is 93.1 Å². The van der Waals surface area contributed by atoms with Crippen LogP contribution in [0.2, 0.25) is 0 Å². The van der Waals surface area contributed by atoms with Gasteiger partial charge in [0.05, 0.1) is 30.4 Å². The van der Waals surface area contributed by atoms with E-state index in [1.54, 1.807) is 91.0 Å². The molecule has 4 N–H and O–H groups in total. The van der Waals surface area contributed by atoms with Gasteiger partial charge in [0, 0.05) is 28.7 Å². The van der Waals surface area contributed by atoms with Gasteiger partial charge in [0.15, 0.2) is 11.9 Å². The van der Waals surface area contributed by atoms with Crippen LogP contribution >= 0.6 is 0 Å². The Morgan fingerprint density at radius 1 is 0.828 bits per heavy atom. The molecule has 12 nitrogen and oxygen atoms in total. The van der Waals surface area contributed by atoms with Gasteiger partial charge < -0.3 is 44.3 Å². The van der Waals surface area contributed by atoms with E-state index in [1.807, 2.05) is 41.5 Å². The van der Waals surface area contributed by atoms with Crippen molar-refractivity contribution in [3.8, 4) is 0 Å². The molecule has 2 saturated heterocycles. The van der Waals surface area contributed by atoms with E-state index in [9.17, 15) is 29.7 Å². The van der Waals surface area contributed by atoms with Crippen LogP contribution in [-0.4, -0.2) is 93.4 Å². The summed E-state index contributed by atoms with van der Waals surface area (Å²) >= 11 is 0. The summed E-state index contributed by atoms with van der Waals surface area (Å²) in [6.45, 7) is 11.1. The molecule has 2 saturated carbocycles. The number of aliphatic hydroxyl groups excluding tert-OH is 1. The van der Waals surface area contributed by atoms with Crippen molar-refractivity contribution < 1.29 is 53.4 Å². The number of ether oxygens (including phenoxy) is 5. The standard InChI is InChI=1S/C46H53NO11/c1-26-30(55-41(51)34(48)33(27-16-10-7-11-17-27)47-39(49)28-18-12-8-13-19-28)24-46(53)38(56-40(50)29-20-14-9-15-21-29)36-44(6,23-22-31-45(36,52)25-54-31)37-35(32(26)42(46,2)3)57-43(4,5)58-37/h7-21,30-31,33-38,48,52-53H,22-25H2,1-6H3,(H,47,49)/t30-,31+,33-,34+,35+,36-,37-,38-,44+,45-,46+/m0/s1. The van der Waals surface area contributed by atoms with Gasteiger partial charge >= 0.3 is 11.9 Å². The summed E-state index contributed by atoms with van der Waals surface area (Å²) in [7, 11) is 0. The first kappa shape index (κ1) is 40.4. The second-order valence-electron chi connectivity index (χ2n) is 17.9. The molecule has 11 atom stereocenters. The predicted octanol–water partition coefficient (Wildman–Crippen LogP) is 5.21. The number of rotatable bonds is 8. The van der Waals surface area contributed by atoms with Crippen LogP contribution in [0.5, 0.6) is 0 Å². The first-order valence-electron chi connectivity index (χ1n) is 20.1. The fraction of sp³-hybridized carbons (Fsp3) is 0.500. The van der Waals surface area contributed by atoms with Crippen molar-refractivity contribution in [2.24, 2.45) is 16.7 Å². The fourth-order valence-corrected chi connectivity index (χ4v) is 10.7. The van der Waals surface area contributed by atoms with Gasteiger partial charge in [-0.3, -0.25) is 4.79 Å². The van der Waals surface area contributed by atoms with Crippen molar-refractivity contribution in [1.82, 2.24) is 5.32 Å². The second kappa shape index (κ2) is 14.4. The summed E-state index contributed by atoms with van der Waals surface area (Å²) in [4.78, 5) is 41.9. The number of aliphatic hydroxyl groups is 3. The molecular formula is C46H53NO11. The molecule has 2 aliphatic heterocycles. The molecule has 12 heteroatoms. The zero-order valence-corrected chi connectivity index (χ0v) is 33.7. The van der Waals surface area contributed by atoms with Crippen LogP contribution in [0.15, 0.2) is 102 Å². The minimum atomic E-state index is -2.00. The molecule has 3 aromatic carbocycles. The van der Waals surface area contributed by atoms with Gasteiger partial charge in [-0.1, -0.05) is 87.5 Å². The van der Waals surface area contributed by atoms with Crippen LogP contribution in [-0.2, 0) is 28.5 Å². The maximum atomic E-state index is 14.3. The Kier molecular flexibility index (Phi) is 10.0. The molecule has 0 aromatic heterocycles. The third-order valence-electron chi connectivity index (χ3n) is 13.8. The number of fused-ring (bicyclic) bond motifs is 8. The molecule has 5 aliphatic rings. The number of hydrogen-bond donors (Lipinski definition) is 4. The van der Waals surface area contributed by atoms with E-state index in [-0.39, 0.29) is 18.6 Å². The highest BCUT2D eigenvalue weighted by molar-refractivity contribution is 5.95. The van der Waals surface area contributed by atoms with Gasteiger partial charge in [-0.2, -0.15) is 0 Å². The number of hydrogen-bond acceptors (Lipinski definition) is 11. The van der Waals surface area contributed by atoms with E-state index in [0.29, 0.717) is 35.1 Å². The van der Waals surface area contributed by atoms with Crippen molar-refractivity contribution in [1.29, 1.82) is 0 Å². The first-order valence-corrected chi connectivity index (χ1v) is 20.1. The monoisotopic (exact) mass is 795 g/mol. The van der Waals surface area contributed by atoms with E-state index < -0.39 is 94.2 Å². The minimum absolute atomic E-state index is 0.0443. The Hall–Kier alpha value is -4.43. The van der Waals surface area contributed by atoms with Crippen molar-refractivity contribution in [3.63, 3.8) is 0 Å². The third kappa shape index (κ3) is 6.40. The lowest BCUT2D eigenvalue weighted by molar-refractivity contribution is -0.344. The number of esters is 2. The number of carbonyl (C=O) groups excluding carboxylic acids is 3. The lowest BCUT2D eigenvalue weighted by Crippen LogP contribution is -2.79. The Bertz CT molecular complexity index is 2090. The van der Waals surface area contributed by atoms with Crippen LogP contribution in [0.4, 0.5) is 0 Å². The van der Waals surface area contributed by atoms with Gasteiger partial charge in [-0.05, 0) is 74.6 Å². The maximum Gasteiger partial charge on any atom is 0.338 e. The first-order chi connectivity index (χ1) is 27.4. The zero-order chi connectivity index (χ0) is 41.4. The lowest BCUT2D eigenvalue weighted by atomic mass is 9.45. The van der Waals surface area contributed by atoms with Crippen LogP contribution < -0.4 is 5.32 Å². The number of nitrogens with one attached hydrogen (secondary N) is 1. The van der Waals surface area contributed by atoms with E-state index in [2.05, 4.69) is 5.32 Å². The van der Waals surface area contributed by atoms with E-state index >= 15 is 0 Å². The smallest absolute Gasteiger partial charge is 0.338 e. The second-order valence-corrected chi connectivity index (χ2v) is 17.9. The third-order valence-corrected chi connectivity index (χ3v) is 13.8. The highest BCUT2D eigenvalue weighted by Gasteiger charge is 2.76. The SMILES string of the molecule is CC1=C2[C@H]3OC(C)(C)O[C@@H]3[C@]3(C)CC[C@H]4OC[C@@]4(O)[C@H]3[C@H](OC(=O)c3ccccc3)[C@](O)(C[C@@H]1OC(=O)[C@H](O)[C@@H](NC(=O)c1ccccc1)c1ccccc1)C2(C)C. The quantitative estimate of drug-likeness (QED) is 0.174. The number of benzene rings is 3. The molecule has 8 rings (SSSR count). The normalized spacial score (nSPS) is 35.3. The Morgan fingerprint density at radius 2 is 1.43 bits per heavy atom. The van der Waals surface area contributed by atoms with E-state index in [1.165, 1.54) is 0 Å². The summed E-state index contributed by atoms with van der Waals surface area (Å²) in [6, 6.07) is 24.4. The summed E-state index contributed by atoms with van der Waals surface area (Å²) in [5.41, 5.74) is -3.38. The molecule has 4 fully saturated rings. The molecule has 0 unspecified atom stereocenters. The predicted molar refractivity (Wildman–Crippen MR) is 210 cm³/mol. The maximum absolute atomic E-state index is 14.3. The van der Waals surface area contributed by atoms with Crippen molar-refractivity contribution >= 4 is 17.8 Å². The Balaban J connectivity index is 1.23. The van der Waals surface area contributed by atoms with Gasteiger partial charge in [0.25, 0.3) is 5.91 Å².